The number of nitrogens with one attached hydrogen (secondary N) is 2. The lowest BCUT2D eigenvalue weighted by Crippen LogP contribution is -2.33. The molecule has 0 spiro atoms. The molecule has 1 unspecified atom stereocenters. The van der Waals surface area contributed by atoms with E-state index in [1.54, 1.807) is 0 Å². The largest absolute Gasteiger partial charge is 0.325 e. The van der Waals surface area contributed by atoms with Crippen molar-refractivity contribution in [3.63, 3.8) is 0 Å². The SMILES string of the molecule is CCC(C)NCC(=O)Nc1cc(F)cc(Cl)c1. The fraction of sp³-hybridized carbons (Fsp3) is 0.417. The Labute approximate surface area is 105 Å². The van der Waals surface area contributed by atoms with E-state index >= 15 is 0 Å². The molecule has 0 saturated heterocycles. The maximum atomic E-state index is 13.0. The molecule has 1 rings (SSSR count). The van der Waals surface area contributed by atoms with Gasteiger partial charge in [-0.3, -0.25) is 4.79 Å². The second kappa shape index (κ2) is 6.57. The lowest BCUT2D eigenvalue weighted by Gasteiger charge is -2.11. The van der Waals surface area contributed by atoms with Gasteiger partial charge in [0.25, 0.3) is 0 Å². The summed E-state index contributed by atoms with van der Waals surface area (Å²) in [5.41, 5.74) is 0.367. The Kier molecular flexibility index (Phi) is 5.38. The van der Waals surface area contributed by atoms with Gasteiger partial charge in [-0.25, -0.2) is 4.39 Å². The highest BCUT2D eigenvalue weighted by Gasteiger charge is 2.06. The highest BCUT2D eigenvalue weighted by Crippen LogP contribution is 2.17. The van der Waals surface area contributed by atoms with E-state index in [9.17, 15) is 9.18 Å². The minimum atomic E-state index is -0.470. The molecule has 1 amide bonds. The van der Waals surface area contributed by atoms with Crippen LogP contribution in [0.4, 0.5) is 10.1 Å². The molecule has 1 aromatic rings. The zero-order valence-electron chi connectivity index (χ0n) is 9.89. The third-order valence-electron chi connectivity index (χ3n) is 2.37. The van der Waals surface area contributed by atoms with Crippen LogP contribution in [0.15, 0.2) is 18.2 Å². The average Bonchev–Trinajstić information content (AvgIpc) is 2.24. The topological polar surface area (TPSA) is 41.1 Å². The predicted molar refractivity (Wildman–Crippen MR) is 67.8 cm³/mol. The second-order valence-corrected chi connectivity index (χ2v) is 4.33. The van der Waals surface area contributed by atoms with Gasteiger partial charge in [0.2, 0.25) is 5.91 Å². The van der Waals surface area contributed by atoms with Gasteiger partial charge >= 0.3 is 0 Å². The van der Waals surface area contributed by atoms with Crippen LogP contribution >= 0.6 is 11.6 Å². The van der Waals surface area contributed by atoms with Crippen molar-refractivity contribution in [2.75, 3.05) is 11.9 Å². The lowest BCUT2D eigenvalue weighted by molar-refractivity contribution is -0.115. The normalized spacial score (nSPS) is 12.2. The number of amides is 1. The third-order valence-corrected chi connectivity index (χ3v) is 2.59. The van der Waals surface area contributed by atoms with Gasteiger partial charge in [-0.15, -0.1) is 0 Å². The molecule has 0 saturated carbocycles. The van der Waals surface area contributed by atoms with Crippen molar-refractivity contribution in [3.05, 3.63) is 29.0 Å². The van der Waals surface area contributed by atoms with E-state index in [4.69, 9.17) is 11.6 Å². The van der Waals surface area contributed by atoms with Crippen molar-refractivity contribution in [3.8, 4) is 0 Å². The molecule has 17 heavy (non-hydrogen) atoms. The maximum Gasteiger partial charge on any atom is 0.238 e. The number of hydrogen-bond acceptors (Lipinski definition) is 2. The monoisotopic (exact) mass is 258 g/mol. The zero-order chi connectivity index (χ0) is 12.8. The Morgan fingerprint density at radius 1 is 1.47 bits per heavy atom. The summed E-state index contributed by atoms with van der Waals surface area (Å²) in [4.78, 5) is 11.5. The van der Waals surface area contributed by atoms with E-state index in [0.717, 1.165) is 6.42 Å². The van der Waals surface area contributed by atoms with Crippen molar-refractivity contribution >= 4 is 23.2 Å². The van der Waals surface area contributed by atoms with Crippen LogP contribution in [0.5, 0.6) is 0 Å². The van der Waals surface area contributed by atoms with Crippen LogP contribution in [-0.4, -0.2) is 18.5 Å². The number of rotatable bonds is 5. The van der Waals surface area contributed by atoms with Crippen LogP contribution < -0.4 is 10.6 Å². The summed E-state index contributed by atoms with van der Waals surface area (Å²) < 4.78 is 13.0. The fourth-order valence-electron chi connectivity index (χ4n) is 1.24. The molecule has 0 radical (unpaired) electrons. The molecule has 5 heteroatoms. The Morgan fingerprint density at radius 2 is 2.18 bits per heavy atom. The molecule has 0 heterocycles. The molecule has 0 bridgehead atoms. The number of halogens is 2. The van der Waals surface area contributed by atoms with Crippen molar-refractivity contribution in [1.82, 2.24) is 5.32 Å². The Hall–Kier alpha value is -1.13. The van der Waals surface area contributed by atoms with Crippen LogP contribution in [0.1, 0.15) is 20.3 Å². The quantitative estimate of drug-likeness (QED) is 0.853. The molecule has 2 N–H and O–H groups in total. The molecular weight excluding hydrogens is 243 g/mol. The van der Waals surface area contributed by atoms with E-state index in [1.807, 2.05) is 13.8 Å². The molecular formula is C12H16ClFN2O. The van der Waals surface area contributed by atoms with Crippen molar-refractivity contribution in [2.45, 2.75) is 26.3 Å². The Balaban J connectivity index is 2.50. The third kappa shape index (κ3) is 5.15. The predicted octanol–water partition coefficient (Wildman–Crippen LogP) is 2.81. The second-order valence-electron chi connectivity index (χ2n) is 3.90. The van der Waals surface area contributed by atoms with Gasteiger partial charge in [-0.05, 0) is 31.5 Å². The van der Waals surface area contributed by atoms with Gasteiger partial charge in [-0.2, -0.15) is 0 Å². The van der Waals surface area contributed by atoms with Gasteiger partial charge in [-0.1, -0.05) is 18.5 Å². The summed E-state index contributed by atoms with van der Waals surface area (Å²) in [7, 11) is 0. The summed E-state index contributed by atoms with van der Waals surface area (Å²) in [6.07, 6.45) is 0.944. The van der Waals surface area contributed by atoms with Crippen molar-refractivity contribution in [1.29, 1.82) is 0 Å². The minimum absolute atomic E-state index is 0.198. The molecule has 1 atom stereocenters. The standard InChI is InChI=1S/C12H16ClFN2O/c1-3-8(2)15-7-12(17)16-11-5-9(13)4-10(14)6-11/h4-6,8,15H,3,7H2,1-2H3,(H,16,17). The van der Waals surface area contributed by atoms with Crippen LogP contribution in [0.2, 0.25) is 5.02 Å². The van der Waals surface area contributed by atoms with E-state index in [0.29, 0.717) is 5.69 Å². The van der Waals surface area contributed by atoms with Gasteiger partial charge in [0, 0.05) is 16.8 Å². The summed E-state index contributed by atoms with van der Waals surface area (Å²) in [5.74, 6) is -0.686. The fourth-order valence-corrected chi connectivity index (χ4v) is 1.46. The van der Waals surface area contributed by atoms with Crippen LogP contribution in [0, 0.1) is 5.82 Å². The number of carbonyl (C=O) groups is 1. The Morgan fingerprint density at radius 3 is 2.76 bits per heavy atom. The first-order chi connectivity index (χ1) is 8.01. The van der Waals surface area contributed by atoms with Crippen molar-refractivity contribution in [2.24, 2.45) is 0 Å². The highest BCUT2D eigenvalue weighted by atomic mass is 35.5. The van der Waals surface area contributed by atoms with Gasteiger partial charge < -0.3 is 10.6 Å². The van der Waals surface area contributed by atoms with Gasteiger partial charge in [0.1, 0.15) is 5.82 Å². The first-order valence-electron chi connectivity index (χ1n) is 5.50. The zero-order valence-corrected chi connectivity index (χ0v) is 10.6. The lowest BCUT2D eigenvalue weighted by atomic mass is 10.2. The Bertz CT molecular complexity index is 378. The minimum Gasteiger partial charge on any atom is -0.325 e. The maximum absolute atomic E-state index is 13.0. The molecule has 0 aromatic heterocycles. The smallest absolute Gasteiger partial charge is 0.238 e. The summed E-state index contributed by atoms with van der Waals surface area (Å²) in [5, 5.41) is 5.88. The van der Waals surface area contributed by atoms with Crippen molar-refractivity contribution < 1.29 is 9.18 Å². The number of benzene rings is 1. The number of carbonyl (C=O) groups excluding carboxylic acids is 1. The molecule has 0 fully saturated rings. The first-order valence-corrected chi connectivity index (χ1v) is 5.88. The van der Waals surface area contributed by atoms with E-state index in [-0.39, 0.29) is 23.5 Å². The van der Waals surface area contributed by atoms with E-state index in [2.05, 4.69) is 10.6 Å². The van der Waals surface area contributed by atoms with E-state index < -0.39 is 5.82 Å². The first kappa shape index (κ1) is 13.9. The van der Waals surface area contributed by atoms with Crippen LogP contribution in [0.3, 0.4) is 0 Å². The molecule has 3 nitrogen and oxygen atoms in total. The van der Waals surface area contributed by atoms with Gasteiger partial charge in [0.05, 0.1) is 6.54 Å². The molecule has 1 aromatic carbocycles. The molecule has 0 aliphatic rings. The summed E-state index contributed by atoms with van der Waals surface area (Å²) in [6.45, 7) is 4.22. The highest BCUT2D eigenvalue weighted by molar-refractivity contribution is 6.30. The van der Waals surface area contributed by atoms with Crippen LogP contribution in [0.25, 0.3) is 0 Å². The number of hydrogen-bond donors (Lipinski definition) is 2. The summed E-state index contributed by atoms with van der Waals surface area (Å²) >= 11 is 5.68. The number of anilines is 1. The average molecular weight is 259 g/mol. The molecule has 0 aliphatic heterocycles. The van der Waals surface area contributed by atoms with Gasteiger partial charge in [0.15, 0.2) is 0 Å². The van der Waals surface area contributed by atoms with E-state index in [1.165, 1.54) is 18.2 Å². The van der Waals surface area contributed by atoms with Crippen LogP contribution in [-0.2, 0) is 4.79 Å². The molecule has 94 valence electrons. The molecule has 0 aliphatic carbocycles. The summed E-state index contributed by atoms with van der Waals surface area (Å²) in [6, 6.07) is 4.20.